The van der Waals surface area contributed by atoms with Gasteiger partial charge in [0.25, 0.3) is 0 Å². The number of carbonyl (C=O) groups is 2. The van der Waals surface area contributed by atoms with Crippen LogP contribution in [0.5, 0.6) is 11.5 Å². The molecule has 1 aromatic carbocycles. The fraction of sp³-hybridized carbons (Fsp3) is 0.444. The third kappa shape index (κ3) is 3.92. The number of thioether (sulfide) groups is 1. The SMILES string of the molecule is C=CC(=O)N1CCCC(C(=O)Nc2cc3c(cc2SC)OCCO3)C1. The van der Waals surface area contributed by atoms with Gasteiger partial charge in [-0.25, -0.2) is 0 Å². The molecule has 1 N–H and O–H groups in total. The van der Waals surface area contributed by atoms with Crippen molar-refractivity contribution >= 4 is 29.3 Å². The highest BCUT2D eigenvalue weighted by atomic mass is 32.2. The van der Waals surface area contributed by atoms with Crippen LogP contribution in [0.25, 0.3) is 0 Å². The van der Waals surface area contributed by atoms with Gasteiger partial charge in [-0.15, -0.1) is 11.8 Å². The minimum Gasteiger partial charge on any atom is -0.486 e. The first-order chi connectivity index (χ1) is 12.1. The molecular formula is C18H22N2O4S. The number of benzene rings is 1. The molecule has 0 bridgehead atoms. The molecular weight excluding hydrogens is 340 g/mol. The van der Waals surface area contributed by atoms with Crippen molar-refractivity contribution in [2.75, 3.05) is 37.9 Å². The van der Waals surface area contributed by atoms with Crippen LogP contribution in [-0.4, -0.2) is 49.3 Å². The molecule has 0 spiro atoms. The van der Waals surface area contributed by atoms with E-state index in [4.69, 9.17) is 9.47 Å². The minimum absolute atomic E-state index is 0.0754. The Morgan fingerprint density at radius 1 is 1.32 bits per heavy atom. The van der Waals surface area contributed by atoms with Gasteiger partial charge in [0.2, 0.25) is 11.8 Å². The van der Waals surface area contributed by atoms with Crippen LogP contribution in [0.1, 0.15) is 12.8 Å². The van der Waals surface area contributed by atoms with Crippen LogP contribution in [-0.2, 0) is 9.59 Å². The number of ether oxygens (including phenoxy) is 2. The zero-order valence-electron chi connectivity index (χ0n) is 14.2. The maximum absolute atomic E-state index is 12.7. The van der Waals surface area contributed by atoms with Gasteiger partial charge in [0.05, 0.1) is 11.6 Å². The van der Waals surface area contributed by atoms with Crippen molar-refractivity contribution < 1.29 is 19.1 Å². The monoisotopic (exact) mass is 362 g/mol. The van der Waals surface area contributed by atoms with Gasteiger partial charge in [-0.2, -0.15) is 0 Å². The van der Waals surface area contributed by atoms with Gasteiger partial charge in [-0.3, -0.25) is 9.59 Å². The van der Waals surface area contributed by atoms with Crippen molar-refractivity contribution in [2.24, 2.45) is 5.92 Å². The van der Waals surface area contributed by atoms with Crippen molar-refractivity contribution in [3.63, 3.8) is 0 Å². The summed E-state index contributed by atoms with van der Waals surface area (Å²) < 4.78 is 11.2. The van der Waals surface area contributed by atoms with E-state index in [9.17, 15) is 9.59 Å². The summed E-state index contributed by atoms with van der Waals surface area (Å²) in [7, 11) is 0. The van der Waals surface area contributed by atoms with Crippen molar-refractivity contribution in [1.82, 2.24) is 4.90 Å². The molecule has 2 aliphatic rings. The van der Waals surface area contributed by atoms with Crippen molar-refractivity contribution in [2.45, 2.75) is 17.7 Å². The molecule has 0 saturated carbocycles. The van der Waals surface area contributed by atoms with E-state index in [-0.39, 0.29) is 17.7 Å². The fourth-order valence-electron chi connectivity index (χ4n) is 3.09. The molecule has 7 heteroatoms. The predicted octanol–water partition coefficient (Wildman–Crippen LogP) is 2.54. The molecule has 0 radical (unpaired) electrons. The molecule has 2 aliphatic heterocycles. The predicted molar refractivity (Wildman–Crippen MR) is 97.3 cm³/mol. The van der Waals surface area contributed by atoms with Gasteiger partial charge in [-0.05, 0) is 31.2 Å². The van der Waals surface area contributed by atoms with E-state index >= 15 is 0 Å². The van der Waals surface area contributed by atoms with Crippen molar-refractivity contribution in [1.29, 1.82) is 0 Å². The molecule has 1 unspecified atom stereocenters. The Hall–Kier alpha value is -2.15. The van der Waals surface area contributed by atoms with Gasteiger partial charge in [0.1, 0.15) is 13.2 Å². The maximum atomic E-state index is 12.7. The van der Waals surface area contributed by atoms with E-state index in [1.54, 1.807) is 4.90 Å². The Bertz CT molecular complexity index is 692. The summed E-state index contributed by atoms with van der Waals surface area (Å²) in [5.41, 5.74) is 0.717. The minimum atomic E-state index is -0.222. The number of rotatable bonds is 4. The molecule has 6 nitrogen and oxygen atoms in total. The first-order valence-electron chi connectivity index (χ1n) is 8.32. The zero-order chi connectivity index (χ0) is 17.8. The zero-order valence-corrected chi connectivity index (χ0v) is 15.1. The van der Waals surface area contributed by atoms with Gasteiger partial charge >= 0.3 is 0 Å². The second-order valence-electron chi connectivity index (χ2n) is 6.01. The molecule has 2 amide bonds. The van der Waals surface area contributed by atoms with E-state index in [2.05, 4.69) is 11.9 Å². The lowest BCUT2D eigenvalue weighted by molar-refractivity contribution is -0.130. The Kier molecular flexibility index (Phi) is 5.53. The van der Waals surface area contributed by atoms with Crippen LogP contribution in [0, 0.1) is 5.92 Å². The lowest BCUT2D eigenvalue weighted by Gasteiger charge is -2.31. The van der Waals surface area contributed by atoms with Crippen LogP contribution >= 0.6 is 11.8 Å². The summed E-state index contributed by atoms with van der Waals surface area (Å²) in [6.07, 6.45) is 4.83. The molecule has 0 aromatic heterocycles. The smallest absolute Gasteiger partial charge is 0.245 e. The molecule has 0 aliphatic carbocycles. The summed E-state index contributed by atoms with van der Waals surface area (Å²) in [5, 5.41) is 3.00. The second kappa shape index (κ2) is 7.82. The first-order valence-corrected chi connectivity index (χ1v) is 9.54. The quantitative estimate of drug-likeness (QED) is 0.659. The topological polar surface area (TPSA) is 67.9 Å². The van der Waals surface area contributed by atoms with Gasteiger partial charge in [-0.1, -0.05) is 6.58 Å². The summed E-state index contributed by atoms with van der Waals surface area (Å²) in [6, 6.07) is 3.71. The number of anilines is 1. The highest BCUT2D eigenvalue weighted by Crippen LogP contribution is 2.39. The summed E-state index contributed by atoms with van der Waals surface area (Å²) >= 11 is 1.54. The highest BCUT2D eigenvalue weighted by Gasteiger charge is 2.28. The van der Waals surface area contributed by atoms with Gasteiger partial charge in [0.15, 0.2) is 11.5 Å². The van der Waals surface area contributed by atoms with E-state index in [1.165, 1.54) is 17.8 Å². The Morgan fingerprint density at radius 2 is 2.04 bits per heavy atom. The van der Waals surface area contributed by atoms with E-state index in [0.717, 1.165) is 17.7 Å². The molecule has 1 aromatic rings. The Labute approximate surface area is 151 Å². The van der Waals surface area contributed by atoms with Crippen molar-refractivity contribution in [3.8, 4) is 11.5 Å². The molecule has 1 saturated heterocycles. The van der Waals surface area contributed by atoms with Gasteiger partial charge in [0, 0.05) is 24.1 Å². The Morgan fingerprint density at radius 3 is 2.72 bits per heavy atom. The van der Waals surface area contributed by atoms with E-state index in [1.807, 2.05) is 18.4 Å². The largest absolute Gasteiger partial charge is 0.486 e. The number of hydrogen-bond donors (Lipinski definition) is 1. The summed E-state index contributed by atoms with van der Waals surface area (Å²) in [4.78, 5) is 27.1. The average Bonchev–Trinajstić information content (AvgIpc) is 2.66. The fourth-order valence-corrected chi connectivity index (χ4v) is 3.65. The van der Waals surface area contributed by atoms with Crippen molar-refractivity contribution in [3.05, 3.63) is 24.8 Å². The normalized spacial score (nSPS) is 19.2. The van der Waals surface area contributed by atoms with Crippen LogP contribution in [0.2, 0.25) is 0 Å². The number of fused-ring (bicyclic) bond motifs is 1. The molecule has 25 heavy (non-hydrogen) atoms. The third-order valence-corrected chi connectivity index (χ3v) is 5.18. The number of hydrogen-bond acceptors (Lipinski definition) is 5. The standard InChI is InChI=1S/C18H22N2O4S/c1-3-17(21)20-6-4-5-12(11-20)18(22)19-13-9-14-15(10-16(13)25-2)24-8-7-23-14/h3,9-10,12H,1,4-8,11H2,2H3,(H,19,22). The number of nitrogens with zero attached hydrogens (tertiary/aromatic N) is 1. The molecule has 2 heterocycles. The number of likely N-dealkylation sites (tertiary alicyclic amines) is 1. The highest BCUT2D eigenvalue weighted by molar-refractivity contribution is 7.98. The van der Waals surface area contributed by atoms with Crippen LogP contribution in [0.4, 0.5) is 5.69 Å². The van der Waals surface area contributed by atoms with Gasteiger partial charge < -0.3 is 19.7 Å². The van der Waals surface area contributed by atoms with E-state index < -0.39 is 0 Å². The number of amides is 2. The second-order valence-corrected chi connectivity index (χ2v) is 6.86. The van der Waals surface area contributed by atoms with E-state index in [0.29, 0.717) is 43.5 Å². The lowest BCUT2D eigenvalue weighted by Crippen LogP contribution is -2.43. The summed E-state index contributed by atoms with van der Waals surface area (Å²) in [5.74, 6) is 0.927. The molecule has 1 fully saturated rings. The number of piperidine rings is 1. The maximum Gasteiger partial charge on any atom is 0.245 e. The van der Waals surface area contributed by atoms with Crippen LogP contribution in [0.15, 0.2) is 29.7 Å². The molecule has 1 atom stereocenters. The number of carbonyl (C=O) groups excluding carboxylic acids is 2. The third-order valence-electron chi connectivity index (χ3n) is 4.40. The Balaban J connectivity index is 1.74. The lowest BCUT2D eigenvalue weighted by atomic mass is 9.97. The average molecular weight is 362 g/mol. The van der Waals surface area contributed by atoms with Crippen LogP contribution < -0.4 is 14.8 Å². The van der Waals surface area contributed by atoms with Crippen LogP contribution in [0.3, 0.4) is 0 Å². The molecule has 134 valence electrons. The molecule has 3 rings (SSSR count). The summed E-state index contributed by atoms with van der Waals surface area (Å²) in [6.45, 7) is 5.65. The first kappa shape index (κ1) is 17.7. The number of nitrogens with one attached hydrogen (secondary N) is 1.